The highest BCUT2D eigenvalue weighted by Crippen LogP contribution is 2.28. The van der Waals surface area contributed by atoms with E-state index in [1.54, 1.807) is 16.3 Å². The molecule has 0 radical (unpaired) electrons. The van der Waals surface area contributed by atoms with Crippen molar-refractivity contribution < 1.29 is 14.3 Å². The minimum atomic E-state index is -0.502. The number of para-hydroxylation sites is 1. The van der Waals surface area contributed by atoms with E-state index in [1.165, 1.54) is 11.3 Å². The first-order valence-electron chi connectivity index (χ1n) is 9.56. The van der Waals surface area contributed by atoms with E-state index in [4.69, 9.17) is 4.52 Å². The Balaban J connectivity index is 1.42. The molecule has 3 aromatic heterocycles. The van der Waals surface area contributed by atoms with Gasteiger partial charge in [-0.2, -0.15) is 0 Å². The molecule has 0 amide bonds. The van der Waals surface area contributed by atoms with Crippen LogP contribution in [0.1, 0.15) is 11.1 Å². The van der Waals surface area contributed by atoms with Gasteiger partial charge in [-0.15, -0.1) is 11.3 Å². The lowest BCUT2D eigenvalue weighted by Crippen LogP contribution is -2.37. The van der Waals surface area contributed by atoms with Gasteiger partial charge in [-0.1, -0.05) is 36.4 Å². The highest BCUT2D eigenvalue weighted by Gasteiger charge is 2.28. The standard InChI is InChI=1S/C22H17N5O3S/c1-13-5-2-3-7-17(13)27-19(21(29)30-26-27)16-12-31-22(25-16)24-11-15-9-8-14-6-4-10-23-18(14)20(15)28/h2-10,12H,11H2,1H3,(H2-,24,25,26,28,29)/p+1. The lowest BCUT2D eigenvalue weighted by molar-refractivity contribution is -0.660. The number of hydrogen-bond acceptors (Lipinski definition) is 7. The molecule has 154 valence electrons. The molecule has 0 aliphatic heterocycles. The first-order valence-corrected chi connectivity index (χ1v) is 10.4. The van der Waals surface area contributed by atoms with E-state index in [9.17, 15) is 9.90 Å². The number of fused-ring (bicyclic) bond motifs is 1. The predicted octanol–water partition coefficient (Wildman–Crippen LogP) is 3.54. The second-order valence-electron chi connectivity index (χ2n) is 6.99. The normalized spacial score (nSPS) is 11.1. The van der Waals surface area contributed by atoms with Crippen molar-refractivity contribution in [3.05, 3.63) is 81.7 Å². The summed E-state index contributed by atoms with van der Waals surface area (Å²) in [4.78, 5) is 21.2. The molecule has 0 spiro atoms. The number of aromatic hydroxyl groups is 1. The molecule has 31 heavy (non-hydrogen) atoms. The highest BCUT2D eigenvalue weighted by atomic mass is 32.1. The van der Waals surface area contributed by atoms with Crippen LogP contribution in [0.5, 0.6) is 5.75 Å². The topological polar surface area (TPSA) is 108 Å². The number of phenolic OH excluding ortho intramolecular Hbond substituents is 1. The van der Waals surface area contributed by atoms with Crippen LogP contribution in [0.3, 0.4) is 0 Å². The number of H-pyrrole nitrogens is 1. The fourth-order valence-electron chi connectivity index (χ4n) is 3.42. The van der Waals surface area contributed by atoms with Crippen LogP contribution in [0.4, 0.5) is 5.13 Å². The van der Waals surface area contributed by atoms with E-state index in [2.05, 4.69) is 20.6 Å². The van der Waals surface area contributed by atoms with Crippen LogP contribution in [0, 0.1) is 6.92 Å². The molecule has 0 saturated carbocycles. The van der Waals surface area contributed by atoms with Crippen LogP contribution in [-0.2, 0) is 6.54 Å². The molecule has 0 aliphatic carbocycles. The van der Waals surface area contributed by atoms with Crippen molar-refractivity contribution in [1.82, 2.24) is 15.2 Å². The number of pyridine rings is 1. The summed E-state index contributed by atoms with van der Waals surface area (Å²) < 4.78 is 6.64. The zero-order valence-corrected chi connectivity index (χ0v) is 17.3. The molecule has 0 unspecified atom stereocenters. The monoisotopic (exact) mass is 432 g/mol. The molecular formula is C22H18N5O3S+. The zero-order chi connectivity index (χ0) is 21.4. The summed E-state index contributed by atoms with van der Waals surface area (Å²) in [6, 6.07) is 15.2. The number of thiazole rings is 1. The van der Waals surface area contributed by atoms with E-state index in [1.807, 2.05) is 55.5 Å². The maximum Gasteiger partial charge on any atom is 0.437 e. The van der Waals surface area contributed by atoms with E-state index in [0.717, 1.165) is 16.6 Å². The van der Waals surface area contributed by atoms with Crippen LogP contribution in [-0.4, -0.2) is 20.3 Å². The van der Waals surface area contributed by atoms with Crippen molar-refractivity contribution in [2.75, 3.05) is 5.32 Å². The van der Waals surface area contributed by atoms with Crippen LogP contribution < -0.4 is 15.6 Å². The summed E-state index contributed by atoms with van der Waals surface area (Å²) >= 11 is 1.37. The number of aromatic nitrogens is 4. The van der Waals surface area contributed by atoms with Gasteiger partial charge in [0.15, 0.2) is 10.8 Å². The van der Waals surface area contributed by atoms with Crippen molar-refractivity contribution in [2.24, 2.45) is 0 Å². The first kappa shape index (κ1) is 19.0. The Bertz CT molecular complexity index is 1450. The smallest absolute Gasteiger partial charge is 0.437 e. The summed E-state index contributed by atoms with van der Waals surface area (Å²) in [5, 5.41) is 19.7. The Morgan fingerprint density at radius 1 is 1.19 bits per heavy atom. The number of aryl methyl sites for hydroxylation is 1. The molecule has 0 atom stereocenters. The summed E-state index contributed by atoms with van der Waals surface area (Å²) in [7, 11) is 0. The van der Waals surface area contributed by atoms with Gasteiger partial charge >= 0.3 is 11.3 Å². The van der Waals surface area contributed by atoms with E-state index < -0.39 is 5.63 Å². The van der Waals surface area contributed by atoms with Gasteiger partial charge in [0.05, 0.1) is 0 Å². The Labute approximate surface area is 180 Å². The molecule has 0 aliphatic rings. The quantitative estimate of drug-likeness (QED) is 0.367. The Morgan fingerprint density at radius 3 is 2.94 bits per heavy atom. The molecule has 0 bridgehead atoms. The molecule has 0 fully saturated rings. The van der Waals surface area contributed by atoms with Gasteiger partial charge < -0.3 is 10.4 Å². The van der Waals surface area contributed by atoms with Crippen LogP contribution in [0.25, 0.3) is 28.0 Å². The summed E-state index contributed by atoms with van der Waals surface area (Å²) in [5.74, 6) is 0.144. The highest BCUT2D eigenvalue weighted by molar-refractivity contribution is 7.14. The summed E-state index contributed by atoms with van der Waals surface area (Å²) in [6.45, 7) is 2.32. The third-order valence-corrected chi connectivity index (χ3v) is 5.81. The minimum Gasteiger partial charge on any atom is -0.505 e. The maximum absolute atomic E-state index is 12.4. The van der Waals surface area contributed by atoms with Crippen molar-refractivity contribution in [2.45, 2.75) is 13.5 Å². The number of phenols is 1. The van der Waals surface area contributed by atoms with E-state index >= 15 is 0 Å². The first-order chi connectivity index (χ1) is 15.1. The van der Waals surface area contributed by atoms with Crippen LogP contribution in [0.2, 0.25) is 0 Å². The average molecular weight is 432 g/mol. The van der Waals surface area contributed by atoms with Gasteiger partial charge in [0.2, 0.25) is 5.69 Å². The van der Waals surface area contributed by atoms with Gasteiger partial charge in [-0.05, 0) is 22.9 Å². The number of rotatable bonds is 5. The number of anilines is 1. The lowest BCUT2D eigenvalue weighted by atomic mass is 10.1. The van der Waals surface area contributed by atoms with Gasteiger partial charge in [0.1, 0.15) is 11.3 Å². The van der Waals surface area contributed by atoms with E-state index in [-0.39, 0.29) is 5.75 Å². The molecular weight excluding hydrogens is 414 g/mol. The fourth-order valence-corrected chi connectivity index (χ4v) is 4.12. The number of aromatic amines is 1. The second kappa shape index (κ2) is 7.69. The number of hydrogen-bond donors (Lipinski definition) is 3. The van der Waals surface area contributed by atoms with Gasteiger partial charge in [-0.3, -0.25) is 9.51 Å². The summed E-state index contributed by atoms with van der Waals surface area (Å²) in [5.41, 5.74) is 3.37. The molecule has 5 aromatic rings. The van der Waals surface area contributed by atoms with Gasteiger partial charge in [0.25, 0.3) is 0 Å². The molecule has 3 N–H and O–H groups in total. The lowest BCUT2D eigenvalue weighted by Gasteiger charge is -2.07. The summed E-state index contributed by atoms with van der Waals surface area (Å²) in [6.07, 6.45) is 1.65. The van der Waals surface area contributed by atoms with E-state index in [0.29, 0.717) is 34.1 Å². The second-order valence-corrected chi connectivity index (χ2v) is 7.85. The molecule has 3 heterocycles. The van der Waals surface area contributed by atoms with Crippen molar-refractivity contribution >= 4 is 27.4 Å². The Kier molecular flexibility index (Phi) is 4.72. The average Bonchev–Trinajstić information content (AvgIpc) is 3.40. The number of nitrogens with zero attached hydrogens (tertiary/aromatic N) is 3. The van der Waals surface area contributed by atoms with Crippen LogP contribution in [0.15, 0.2) is 69.4 Å². The molecule has 8 nitrogen and oxygen atoms in total. The third-order valence-electron chi connectivity index (χ3n) is 5.01. The van der Waals surface area contributed by atoms with Gasteiger partial charge in [0, 0.05) is 40.7 Å². The fraction of sp³-hybridized carbons (Fsp3) is 0.0909. The number of benzene rings is 2. The van der Waals surface area contributed by atoms with Gasteiger partial charge in [-0.25, -0.2) is 9.78 Å². The third kappa shape index (κ3) is 3.44. The van der Waals surface area contributed by atoms with Crippen LogP contribution >= 0.6 is 11.3 Å². The largest absolute Gasteiger partial charge is 0.505 e. The zero-order valence-electron chi connectivity index (χ0n) is 16.5. The van der Waals surface area contributed by atoms with Crippen molar-refractivity contribution in [1.29, 1.82) is 0 Å². The Morgan fingerprint density at radius 2 is 2.06 bits per heavy atom. The molecule has 0 saturated heterocycles. The Hall–Kier alpha value is -3.98. The molecule has 5 rings (SSSR count). The number of nitrogens with one attached hydrogen (secondary N) is 2. The molecule has 9 heteroatoms. The maximum atomic E-state index is 12.4. The predicted molar refractivity (Wildman–Crippen MR) is 117 cm³/mol. The minimum absolute atomic E-state index is 0.144. The van der Waals surface area contributed by atoms with Crippen molar-refractivity contribution in [3.8, 4) is 22.8 Å². The van der Waals surface area contributed by atoms with Crippen molar-refractivity contribution in [3.63, 3.8) is 0 Å². The SMILES string of the molecule is Cc1ccccc1-[n+]1[nH]oc(=O)c1-c1csc(NCc2ccc3cccnc3c2O)n1. The molecule has 2 aromatic carbocycles.